The van der Waals surface area contributed by atoms with E-state index in [0.29, 0.717) is 0 Å². The first-order valence-electron chi connectivity index (χ1n) is 9.09. The molecule has 0 saturated carbocycles. The Balaban J connectivity index is 2.68. The summed E-state index contributed by atoms with van der Waals surface area (Å²) in [6.07, 6.45) is 1.83. The molecule has 0 aromatic heterocycles. The van der Waals surface area contributed by atoms with Crippen LogP contribution in [0.2, 0.25) is 0 Å². The van der Waals surface area contributed by atoms with Crippen molar-refractivity contribution in [3.05, 3.63) is 12.2 Å². The van der Waals surface area contributed by atoms with Crippen LogP contribution in [0.1, 0.15) is 61.8 Å². The highest BCUT2D eigenvalue weighted by Crippen LogP contribution is 2.25. The van der Waals surface area contributed by atoms with Crippen LogP contribution in [0.3, 0.4) is 0 Å². The fourth-order valence-electron chi connectivity index (χ4n) is 1.55. The van der Waals surface area contributed by atoms with Gasteiger partial charge >= 0.3 is 0 Å². The summed E-state index contributed by atoms with van der Waals surface area (Å²) < 4.78 is 0. The number of hydrogen-bond donors (Lipinski definition) is 0. The van der Waals surface area contributed by atoms with Crippen LogP contribution in [0.15, 0.2) is 12.2 Å². The van der Waals surface area contributed by atoms with Crippen LogP contribution in [0, 0.1) is 11.8 Å². The van der Waals surface area contributed by atoms with Gasteiger partial charge in [-0.3, -0.25) is 14.5 Å². The Morgan fingerprint density at radius 2 is 1.23 bits per heavy atom. The van der Waals surface area contributed by atoms with Crippen molar-refractivity contribution in [3.63, 3.8) is 0 Å². The molecule has 0 saturated heterocycles. The van der Waals surface area contributed by atoms with E-state index in [1.807, 2.05) is 55.4 Å². The summed E-state index contributed by atoms with van der Waals surface area (Å²) in [5.41, 5.74) is -1.06. The molecule has 7 nitrogen and oxygen atoms in total. The smallest absolute Gasteiger partial charge is 0.253 e. The van der Waals surface area contributed by atoms with E-state index >= 15 is 0 Å². The third-order valence-corrected chi connectivity index (χ3v) is 5.01. The number of carbonyl (C=O) groups excluding carboxylic acids is 2. The van der Waals surface area contributed by atoms with Crippen LogP contribution in [0.4, 0.5) is 0 Å². The molecule has 0 aliphatic carbocycles. The van der Waals surface area contributed by atoms with E-state index < -0.39 is 17.5 Å². The molecule has 0 aromatic rings. The average molecular weight is 371 g/mol. The van der Waals surface area contributed by atoms with Crippen LogP contribution in [0.25, 0.3) is 0 Å². The summed E-state index contributed by atoms with van der Waals surface area (Å²) in [4.78, 5) is 46.5. The predicted molar refractivity (Wildman–Crippen MR) is 96.4 cm³/mol. The molecule has 0 spiro atoms. The highest BCUT2D eigenvalue weighted by Gasteiger charge is 2.31. The van der Waals surface area contributed by atoms with Crippen molar-refractivity contribution in [1.82, 2.24) is 4.90 Å². The molecule has 26 heavy (non-hydrogen) atoms. The molecule has 150 valence electrons. The molecule has 1 heterocycles. The maximum atomic E-state index is 11.7. The normalized spacial score (nSPS) is 16.0. The van der Waals surface area contributed by atoms with Gasteiger partial charge in [-0.1, -0.05) is 27.7 Å². The van der Waals surface area contributed by atoms with Gasteiger partial charge < -0.3 is 0 Å². The number of nitrogens with zero attached hydrogens (tertiary/aromatic N) is 1. The lowest BCUT2D eigenvalue weighted by atomic mass is 9.95. The maximum Gasteiger partial charge on any atom is 0.253 e. The Labute approximate surface area is 156 Å². The molecule has 0 bridgehead atoms. The molecule has 2 amide bonds. The van der Waals surface area contributed by atoms with Gasteiger partial charge in [0, 0.05) is 25.1 Å². The molecule has 0 N–H and O–H groups in total. The van der Waals surface area contributed by atoms with Gasteiger partial charge in [0.25, 0.3) is 11.8 Å². The second-order valence-corrected chi connectivity index (χ2v) is 8.26. The third-order valence-electron chi connectivity index (χ3n) is 5.01. The summed E-state index contributed by atoms with van der Waals surface area (Å²) >= 11 is 0. The fraction of sp³-hybridized carbons (Fsp3) is 0.789. The molecule has 0 unspecified atom stereocenters. The van der Waals surface area contributed by atoms with Crippen molar-refractivity contribution >= 4 is 11.8 Å². The summed E-state index contributed by atoms with van der Waals surface area (Å²) in [5, 5.41) is 0. The molecular formula is C19H33NO6. The standard InChI is InChI=1S/C19H33NO6/c1-13(2)18(5,6)25-23-17(24-26-19(7,8)14(3)4)11-12-20-15(21)9-10-16(20)22/h9-10,13-14,17H,11-12H2,1-8H3. The first kappa shape index (κ1) is 22.8. The minimum absolute atomic E-state index is 0.145. The van der Waals surface area contributed by atoms with Gasteiger partial charge in [0.05, 0.1) is 0 Å². The average Bonchev–Trinajstić information content (AvgIpc) is 2.85. The molecular weight excluding hydrogens is 338 g/mol. The highest BCUT2D eigenvalue weighted by molar-refractivity contribution is 6.12. The fourth-order valence-corrected chi connectivity index (χ4v) is 1.55. The Hall–Kier alpha value is -1.28. The Morgan fingerprint density at radius 3 is 1.58 bits per heavy atom. The van der Waals surface area contributed by atoms with Crippen molar-refractivity contribution in [1.29, 1.82) is 0 Å². The summed E-state index contributed by atoms with van der Waals surface area (Å²) in [6.45, 7) is 15.9. The zero-order valence-electron chi connectivity index (χ0n) is 17.2. The summed E-state index contributed by atoms with van der Waals surface area (Å²) in [7, 11) is 0. The zero-order chi connectivity index (χ0) is 20.1. The van der Waals surface area contributed by atoms with E-state index in [4.69, 9.17) is 19.6 Å². The van der Waals surface area contributed by atoms with E-state index in [0.717, 1.165) is 4.90 Å². The van der Waals surface area contributed by atoms with Gasteiger partial charge in [0.1, 0.15) is 11.2 Å². The van der Waals surface area contributed by atoms with Gasteiger partial charge in [0.2, 0.25) is 6.29 Å². The summed E-state index contributed by atoms with van der Waals surface area (Å²) in [6, 6.07) is 0. The van der Waals surface area contributed by atoms with Crippen molar-refractivity contribution in [2.24, 2.45) is 11.8 Å². The maximum absolute atomic E-state index is 11.7. The van der Waals surface area contributed by atoms with E-state index in [1.54, 1.807) is 0 Å². The molecule has 0 atom stereocenters. The van der Waals surface area contributed by atoms with Gasteiger partial charge in [-0.05, 0) is 39.5 Å². The first-order valence-corrected chi connectivity index (χ1v) is 9.09. The number of amides is 2. The van der Waals surface area contributed by atoms with E-state index in [1.165, 1.54) is 12.2 Å². The first-order chi connectivity index (χ1) is 11.9. The van der Waals surface area contributed by atoms with Crippen molar-refractivity contribution < 1.29 is 29.1 Å². The van der Waals surface area contributed by atoms with Gasteiger partial charge in [-0.15, -0.1) is 0 Å². The van der Waals surface area contributed by atoms with Crippen molar-refractivity contribution in [2.45, 2.75) is 79.3 Å². The Morgan fingerprint density at radius 1 is 0.846 bits per heavy atom. The third kappa shape index (κ3) is 6.46. The predicted octanol–water partition coefficient (Wildman–Crippen LogP) is 3.39. The van der Waals surface area contributed by atoms with Crippen LogP contribution < -0.4 is 0 Å². The lowest BCUT2D eigenvalue weighted by Gasteiger charge is -2.32. The molecule has 0 radical (unpaired) electrons. The van der Waals surface area contributed by atoms with E-state index in [-0.39, 0.29) is 36.6 Å². The Kier molecular flexibility index (Phi) is 7.95. The van der Waals surface area contributed by atoms with Crippen LogP contribution in [-0.2, 0) is 29.1 Å². The molecule has 0 aromatic carbocycles. The van der Waals surface area contributed by atoms with Gasteiger partial charge in [-0.2, -0.15) is 0 Å². The topological polar surface area (TPSA) is 74.3 Å². The van der Waals surface area contributed by atoms with Crippen molar-refractivity contribution in [3.8, 4) is 0 Å². The molecule has 1 aliphatic heterocycles. The zero-order valence-corrected chi connectivity index (χ0v) is 17.2. The largest absolute Gasteiger partial charge is 0.275 e. The number of rotatable bonds is 11. The van der Waals surface area contributed by atoms with Gasteiger partial charge in [0.15, 0.2) is 0 Å². The van der Waals surface area contributed by atoms with Crippen LogP contribution >= 0.6 is 0 Å². The number of hydrogen-bond acceptors (Lipinski definition) is 6. The molecule has 1 rings (SSSR count). The van der Waals surface area contributed by atoms with Crippen LogP contribution in [-0.4, -0.2) is 40.8 Å². The minimum Gasteiger partial charge on any atom is -0.275 e. The number of carbonyl (C=O) groups is 2. The second-order valence-electron chi connectivity index (χ2n) is 8.26. The monoisotopic (exact) mass is 371 g/mol. The Bertz CT molecular complexity index is 482. The van der Waals surface area contributed by atoms with E-state index in [2.05, 4.69) is 0 Å². The quantitative estimate of drug-likeness (QED) is 0.240. The lowest BCUT2D eigenvalue weighted by Crippen LogP contribution is -2.39. The summed E-state index contributed by atoms with van der Waals surface area (Å²) in [5.74, 6) is -0.273. The van der Waals surface area contributed by atoms with Crippen LogP contribution in [0.5, 0.6) is 0 Å². The van der Waals surface area contributed by atoms with E-state index in [9.17, 15) is 9.59 Å². The van der Waals surface area contributed by atoms with Crippen molar-refractivity contribution in [2.75, 3.05) is 6.54 Å². The number of imide groups is 1. The highest BCUT2D eigenvalue weighted by atomic mass is 17.3. The van der Waals surface area contributed by atoms with Gasteiger partial charge in [-0.25, -0.2) is 19.6 Å². The molecule has 0 fully saturated rings. The molecule has 1 aliphatic rings. The lowest BCUT2D eigenvalue weighted by molar-refractivity contribution is -0.505. The minimum atomic E-state index is -0.882. The second kappa shape index (κ2) is 9.08. The SMILES string of the molecule is CC(C)C(C)(C)OOC(CCN1C(=O)C=CC1=O)OOC(C)(C)C(C)C. The molecule has 7 heteroatoms.